The van der Waals surface area contributed by atoms with Crippen molar-refractivity contribution in [1.82, 2.24) is 4.90 Å². The van der Waals surface area contributed by atoms with Crippen molar-refractivity contribution < 1.29 is 14.6 Å². The molecule has 4 nitrogen and oxygen atoms in total. The summed E-state index contributed by atoms with van der Waals surface area (Å²) in [5.74, 6) is 0. The van der Waals surface area contributed by atoms with E-state index in [1.807, 2.05) is 31.2 Å². The van der Waals surface area contributed by atoms with Crippen LogP contribution in [0.3, 0.4) is 0 Å². The number of aliphatic hydroxyl groups excluding tert-OH is 1. The molecule has 1 N–H and O–H groups in total. The van der Waals surface area contributed by atoms with Crippen molar-refractivity contribution in [1.29, 1.82) is 0 Å². The molecule has 0 aromatic heterocycles. The molecule has 124 valence electrons. The highest BCUT2D eigenvalue weighted by Gasteiger charge is 2.24. The van der Waals surface area contributed by atoms with E-state index in [0.717, 1.165) is 18.7 Å². The number of morpholine rings is 1. The van der Waals surface area contributed by atoms with Crippen LogP contribution in [-0.4, -0.2) is 54.6 Å². The van der Waals surface area contributed by atoms with Gasteiger partial charge in [-0.05, 0) is 38.5 Å². The first-order valence-electron chi connectivity index (χ1n) is 7.87. The molecule has 0 spiro atoms. The van der Waals surface area contributed by atoms with Crippen molar-refractivity contribution in [2.24, 2.45) is 0 Å². The lowest BCUT2D eigenvalue weighted by Gasteiger charge is -2.36. The van der Waals surface area contributed by atoms with E-state index in [0.29, 0.717) is 18.2 Å². The zero-order valence-corrected chi connectivity index (χ0v) is 14.3. The van der Waals surface area contributed by atoms with Crippen LogP contribution in [-0.2, 0) is 9.47 Å². The van der Waals surface area contributed by atoms with Crippen molar-refractivity contribution >= 4 is 11.6 Å². The van der Waals surface area contributed by atoms with Gasteiger partial charge in [0.25, 0.3) is 0 Å². The summed E-state index contributed by atoms with van der Waals surface area (Å²) in [7, 11) is 0. The molecule has 1 aliphatic heterocycles. The second-order valence-corrected chi connectivity index (χ2v) is 6.59. The van der Waals surface area contributed by atoms with Gasteiger partial charge in [0.05, 0.1) is 31.0 Å². The van der Waals surface area contributed by atoms with Gasteiger partial charge in [0.1, 0.15) is 0 Å². The number of rotatable bonds is 6. The van der Waals surface area contributed by atoms with Crippen LogP contribution in [0.1, 0.15) is 32.4 Å². The average molecular weight is 328 g/mol. The number of nitrogens with zero attached hydrogens (tertiary/aromatic N) is 1. The monoisotopic (exact) mass is 327 g/mol. The predicted octanol–water partition coefficient (Wildman–Crippen LogP) is 2.89. The fourth-order valence-electron chi connectivity index (χ4n) is 2.87. The maximum Gasteiger partial charge on any atom is 0.0900 e. The average Bonchev–Trinajstić information content (AvgIpc) is 2.44. The zero-order valence-electron chi connectivity index (χ0n) is 13.5. The molecule has 1 heterocycles. The van der Waals surface area contributed by atoms with E-state index < -0.39 is 6.10 Å². The molecule has 0 bridgehead atoms. The second-order valence-electron chi connectivity index (χ2n) is 6.16. The van der Waals surface area contributed by atoms with E-state index >= 15 is 0 Å². The van der Waals surface area contributed by atoms with Crippen LogP contribution in [0.2, 0.25) is 5.02 Å². The Morgan fingerprint density at radius 1 is 1.27 bits per heavy atom. The third kappa shape index (κ3) is 5.52. The molecule has 0 radical (unpaired) electrons. The van der Waals surface area contributed by atoms with E-state index in [2.05, 4.69) is 18.7 Å². The van der Waals surface area contributed by atoms with Gasteiger partial charge in [-0.1, -0.05) is 23.7 Å². The fourth-order valence-corrected chi connectivity index (χ4v) is 3.00. The Kier molecular flexibility index (Phi) is 6.66. The minimum atomic E-state index is -0.493. The Balaban J connectivity index is 1.75. The number of benzene rings is 1. The normalized spacial score (nSPS) is 25.9. The SMILES string of the molecule is C[C@H](OC[C@@H](O)CN1C[C@H](C)O[C@@H](C)C1)c1ccc(Cl)cc1. The summed E-state index contributed by atoms with van der Waals surface area (Å²) in [5, 5.41) is 10.9. The van der Waals surface area contributed by atoms with Crippen LogP contribution < -0.4 is 0 Å². The van der Waals surface area contributed by atoms with Crippen molar-refractivity contribution in [3.8, 4) is 0 Å². The van der Waals surface area contributed by atoms with Gasteiger partial charge in [-0.25, -0.2) is 0 Å². The van der Waals surface area contributed by atoms with Crippen LogP contribution in [0.4, 0.5) is 0 Å². The molecule has 0 aliphatic carbocycles. The summed E-state index contributed by atoms with van der Waals surface area (Å²) < 4.78 is 11.5. The van der Waals surface area contributed by atoms with Gasteiger partial charge in [0.15, 0.2) is 0 Å². The molecule has 0 amide bonds. The molecule has 5 heteroatoms. The molecule has 1 aromatic carbocycles. The maximum absolute atomic E-state index is 10.2. The molecular formula is C17H26ClNO3. The number of hydrogen-bond donors (Lipinski definition) is 1. The molecule has 2 rings (SSSR count). The number of aliphatic hydroxyl groups is 1. The lowest BCUT2D eigenvalue weighted by atomic mass is 10.1. The van der Waals surface area contributed by atoms with Crippen molar-refractivity contribution in [2.45, 2.75) is 45.2 Å². The quantitative estimate of drug-likeness (QED) is 0.872. The Bertz CT molecular complexity index is 444. The van der Waals surface area contributed by atoms with Crippen molar-refractivity contribution in [3.05, 3.63) is 34.9 Å². The first kappa shape index (κ1) is 17.7. The summed E-state index contributed by atoms with van der Waals surface area (Å²) in [6, 6.07) is 7.60. The summed E-state index contributed by atoms with van der Waals surface area (Å²) in [4.78, 5) is 2.24. The molecule has 4 atom stereocenters. The summed E-state index contributed by atoms with van der Waals surface area (Å²) in [5.41, 5.74) is 1.06. The highest BCUT2D eigenvalue weighted by molar-refractivity contribution is 6.30. The van der Waals surface area contributed by atoms with Gasteiger partial charge in [-0.2, -0.15) is 0 Å². The Hall–Kier alpha value is -0.650. The largest absolute Gasteiger partial charge is 0.389 e. The summed E-state index contributed by atoms with van der Waals surface area (Å²) in [6.45, 7) is 8.76. The van der Waals surface area contributed by atoms with Gasteiger partial charge in [0, 0.05) is 24.7 Å². The van der Waals surface area contributed by atoms with Crippen LogP contribution in [0.25, 0.3) is 0 Å². The lowest BCUT2D eigenvalue weighted by Crippen LogP contribution is -2.48. The molecular weight excluding hydrogens is 302 g/mol. The summed E-state index contributed by atoms with van der Waals surface area (Å²) >= 11 is 5.88. The lowest BCUT2D eigenvalue weighted by molar-refractivity contribution is -0.0852. The highest BCUT2D eigenvalue weighted by Crippen LogP contribution is 2.19. The van der Waals surface area contributed by atoms with Gasteiger partial charge in [-0.3, -0.25) is 4.90 Å². The van der Waals surface area contributed by atoms with Crippen LogP contribution >= 0.6 is 11.6 Å². The predicted molar refractivity (Wildman–Crippen MR) is 88.3 cm³/mol. The minimum absolute atomic E-state index is 0.0607. The molecule has 1 aliphatic rings. The van der Waals surface area contributed by atoms with Gasteiger partial charge in [-0.15, -0.1) is 0 Å². The number of β-amino-alcohol motifs (C(OH)–C–C–N with tert-alkyl or cyclic N) is 1. The zero-order chi connectivity index (χ0) is 16.1. The van der Waals surface area contributed by atoms with E-state index in [9.17, 15) is 5.11 Å². The number of ether oxygens (including phenoxy) is 2. The molecule has 0 saturated carbocycles. The minimum Gasteiger partial charge on any atom is -0.389 e. The first-order chi connectivity index (χ1) is 10.4. The van der Waals surface area contributed by atoms with Crippen LogP contribution in [0.15, 0.2) is 24.3 Å². The summed E-state index contributed by atoms with van der Waals surface area (Å²) in [6.07, 6.45) is -0.128. The van der Waals surface area contributed by atoms with E-state index in [-0.39, 0.29) is 18.3 Å². The standard InChI is InChI=1S/C17H26ClNO3/c1-12-8-19(9-13(2)22-12)10-17(20)11-21-14(3)15-4-6-16(18)7-5-15/h4-7,12-14,17,20H,8-11H2,1-3H3/t12-,13-,14-,17-/m0/s1. The molecule has 1 aromatic rings. The number of hydrogen-bond acceptors (Lipinski definition) is 4. The third-order valence-corrected chi connectivity index (χ3v) is 4.09. The molecule has 1 saturated heterocycles. The van der Waals surface area contributed by atoms with Crippen LogP contribution in [0.5, 0.6) is 0 Å². The molecule has 1 fully saturated rings. The van der Waals surface area contributed by atoms with Gasteiger partial charge < -0.3 is 14.6 Å². The maximum atomic E-state index is 10.2. The van der Waals surface area contributed by atoms with E-state index in [1.165, 1.54) is 0 Å². The van der Waals surface area contributed by atoms with Crippen LogP contribution in [0, 0.1) is 0 Å². The second kappa shape index (κ2) is 8.27. The van der Waals surface area contributed by atoms with Gasteiger partial charge in [0.2, 0.25) is 0 Å². The van der Waals surface area contributed by atoms with Crippen molar-refractivity contribution in [2.75, 3.05) is 26.2 Å². The molecule has 22 heavy (non-hydrogen) atoms. The van der Waals surface area contributed by atoms with Crippen molar-refractivity contribution in [3.63, 3.8) is 0 Å². The van der Waals surface area contributed by atoms with E-state index in [4.69, 9.17) is 21.1 Å². The fraction of sp³-hybridized carbons (Fsp3) is 0.647. The number of halogens is 1. The molecule has 0 unspecified atom stereocenters. The topological polar surface area (TPSA) is 41.9 Å². The third-order valence-electron chi connectivity index (χ3n) is 3.84. The Morgan fingerprint density at radius 3 is 2.45 bits per heavy atom. The Labute approximate surface area is 138 Å². The Morgan fingerprint density at radius 2 is 1.86 bits per heavy atom. The first-order valence-corrected chi connectivity index (χ1v) is 8.24. The smallest absolute Gasteiger partial charge is 0.0900 e. The highest BCUT2D eigenvalue weighted by atomic mass is 35.5. The van der Waals surface area contributed by atoms with Gasteiger partial charge >= 0.3 is 0 Å². The van der Waals surface area contributed by atoms with E-state index in [1.54, 1.807) is 0 Å².